The summed E-state index contributed by atoms with van der Waals surface area (Å²) in [5, 5.41) is 11.7. The number of hydrogen-bond donors (Lipinski definition) is 2. The van der Waals surface area contributed by atoms with Crippen molar-refractivity contribution in [3.63, 3.8) is 0 Å². The van der Waals surface area contributed by atoms with Crippen molar-refractivity contribution in [2.75, 3.05) is 0 Å². The molecule has 0 saturated carbocycles. The fourth-order valence-corrected chi connectivity index (χ4v) is 4.09. The molecule has 0 atom stereocenters. The quantitative estimate of drug-likeness (QED) is 0.360. The van der Waals surface area contributed by atoms with Gasteiger partial charge in [-0.1, -0.05) is 35.9 Å². The molecule has 0 unspecified atom stereocenters. The molecule has 0 aliphatic carbocycles. The number of rotatable bonds is 7. The van der Waals surface area contributed by atoms with E-state index in [0.29, 0.717) is 30.1 Å². The van der Waals surface area contributed by atoms with Gasteiger partial charge in [0.15, 0.2) is 0 Å². The Morgan fingerprint density at radius 1 is 1.00 bits per heavy atom. The highest BCUT2D eigenvalue weighted by Gasteiger charge is 2.10. The molecular formula is C27H22ClN5O2. The molecule has 3 aromatic heterocycles. The van der Waals surface area contributed by atoms with Gasteiger partial charge in [-0.25, -0.2) is 0 Å². The smallest absolute Gasteiger partial charge is 0.251 e. The van der Waals surface area contributed by atoms with Crippen LogP contribution in [-0.2, 0) is 19.5 Å². The van der Waals surface area contributed by atoms with Gasteiger partial charge in [-0.15, -0.1) is 0 Å². The van der Waals surface area contributed by atoms with E-state index >= 15 is 0 Å². The number of hydrogen-bond acceptors (Lipinski definition) is 4. The zero-order valence-corrected chi connectivity index (χ0v) is 19.5. The molecule has 0 fully saturated rings. The van der Waals surface area contributed by atoms with Crippen LogP contribution in [-0.4, -0.2) is 25.7 Å². The number of pyridine rings is 2. The average molecular weight is 484 g/mol. The Balaban J connectivity index is 1.23. The minimum absolute atomic E-state index is 0.0574. The van der Waals surface area contributed by atoms with Crippen molar-refractivity contribution in [2.24, 2.45) is 0 Å². The van der Waals surface area contributed by atoms with E-state index in [-0.39, 0.29) is 11.5 Å². The average Bonchev–Trinajstić information content (AvgIpc) is 3.27. The van der Waals surface area contributed by atoms with Crippen LogP contribution < -0.4 is 10.9 Å². The summed E-state index contributed by atoms with van der Waals surface area (Å²) in [5.41, 5.74) is 4.96. The number of amides is 1. The topological polar surface area (TPSA) is 92.7 Å². The summed E-state index contributed by atoms with van der Waals surface area (Å²) in [5.74, 6) is -0.168. The van der Waals surface area contributed by atoms with Gasteiger partial charge in [0, 0.05) is 34.4 Å². The van der Waals surface area contributed by atoms with Gasteiger partial charge in [0.25, 0.3) is 11.5 Å². The normalized spacial score (nSPS) is 11.0. The molecule has 7 nitrogen and oxygen atoms in total. The lowest BCUT2D eigenvalue weighted by Crippen LogP contribution is -2.23. The molecule has 1 amide bonds. The number of benzene rings is 2. The van der Waals surface area contributed by atoms with Crippen molar-refractivity contribution in [2.45, 2.75) is 19.5 Å². The summed E-state index contributed by atoms with van der Waals surface area (Å²) in [7, 11) is 0. The lowest BCUT2D eigenvalue weighted by atomic mass is 10.0. The molecule has 5 aromatic rings. The summed E-state index contributed by atoms with van der Waals surface area (Å²) < 4.78 is 1.62. The number of fused-ring (bicyclic) bond motifs is 1. The molecule has 0 aliphatic rings. The van der Waals surface area contributed by atoms with E-state index in [1.54, 1.807) is 29.0 Å². The molecule has 5 rings (SSSR count). The highest BCUT2D eigenvalue weighted by atomic mass is 35.5. The third kappa shape index (κ3) is 5.31. The standard InChI is InChI=1S/C27H22ClN5O2/c28-21-8-10-24-23(14-21)25(32-31-24)16-30-27(35)20-5-3-4-18(13-20)12-19-7-9-22(29-15-19)17-33-11-2-1-6-26(33)34/h1-11,13-15H,12,16-17H2,(H,30,35)(H,31,32). The summed E-state index contributed by atoms with van der Waals surface area (Å²) in [6, 6.07) is 22.0. The van der Waals surface area contributed by atoms with Gasteiger partial charge >= 0.3 is 0 Å². The van der Waals surface area contributed by atoms with Crippen molar-refractivity contribution in [1.29, 1.82) is 0 Å². The van der Waals surface area contributed by atoms with Crippen LogP contribution in [0.2, 0.25) is 5.02 Å². The van der Waals surface area contributed by atoms with Crippen molar-refractivity contribution in [3.8, 4) is 0 Å². The lowest BCUT2D eigenvalue weighted by molar-refractivity contribution is 0.0950. The number of carbonyl (C=O) groups is 1. The number of H-pyrrole nitrogens is 1. The monoisotopic (exact) mass is 483 g/mol. The van der Waals surface area contributed by atoms with E-state index in [1.807, 2.05) is 54.7 Å². The molecule has 3 heterocycles. The molecule has 8 heteroatoms. The lowest BCUT2D eigenvalue weighted by Gasteiger charge is -2.08. The molecule has 2 N–H and O–H groups in total. The van der Waals surface area contributed by atoms with Gasteiger partial charge in [0.1, 0.15) is 0 Å². The number of nitrogens with one attached hydrogen (secondary N) is 2. The Morgan fingerprint density at radius 3 is 2.74 bits per heavy atom. The highest BCUT2D eigenvalue weighted by molar-refractivity contribution is 6.31. The molecule has 0 saturated heterocycles. The van der Waals surface area contributed by atoms with Crippen molar-refractivity contribution >= 4 is 28.4 Å². The van der Waals surface area contributed by atoms with E-state index in [2.05, 4.69) is 20.5 Å². The highest BCUT2D eigenvalue weighted by Crippen LogP contribution is 2.20. The number of carbonyl (C=O) groups excluding carboxylic acids is 1. The Kier molecular flexibility index (Phi) is 6.41. The Labute approximate surface area is 206 Å². The second kappa shape index (κ2) is 9.95. The van der Waals surface area contributed by atoms with Crippen LogP contribution in [0.1, 0.15) is 32.9 Å². The molecule has 174 valence electrons. The van der Waals surface area contributed by atoms with Crippen LogP contribution in [0, 0.1) is 0 Å². The number of aromatic nitrogens is 4. The number of aromatic amines is 1. The first-order valence-electron chi connectivity index (χ1n) is 11.1. The molecule has 0 spiro atoms. The maximum Gasteiger partial charge on any atom is 0.251 e. The Bertz CT molecular complexity index is 1560. The van der Waals surface area contributed by atoms with Crippen molar-refractivity contribution < 1.29 is 4.79 Å². The molecule has 0 bridgehead atoms. The van der Waals surface area contributed by atoms with Crippen molar-refractivity contribution in [3.05, 3.63) is 129 Å². The third-order valence-electron chi connectivity index (χ3n) is 5.74. The second-order valence-electron chi connectivity index (χ2n) is 8.25. The van der Waals surface area contributed by atoms with Crippen LogP contribution in [0.3, 0.4) is 0 Å². The molecule has 2 aromatic carbocycles. The number of halogens is 1. The third-order valence-corrected chi connectivity index (χ3v) is 5.97. The van der Waals surface area contributed by atoms with Gasteiger partial charge in [-0.3, -0.25) is 19.7 Å². The molecule has 0 aliphatic heterocycles. The van der Waals surface area contributed by atoms with E-state index in [9.17, 15) is 9.59 Å². The minimum atomic E-state index is -0.168. The zero-order valence-electron chi connectivity index (χ0n) is 18.7. The zero-order chi connectivity index (χ0) is 24.2. The number of nitrogens with zero attached hydrogens (tertiary/aromatic N) is 3. The largest absolute Gasteiger partial charge is 0.346 e. The summed E-state index contributed by atoms with van der Waals surface area (Å²) in [4.78, 5) is 29.2. The molecule has 0 radical (unpaired) electrons. The predicted molar refractivity (Wildman–Crippen MR) is 136 cm³/mol. The Morgan fingerprint density at radius 2 is 1.91 bits per heavy atom. The summed E-state index contributed by atoms with van der Waals surface area (Å²) >= 11 is 6.09. The second-order valence-corrected chi connectivity index (χ2v) is 8.68. The van der Waals surface area contributed by atoms with Crippen LogP contribution >= 0.6 is 11.6 Å². The van der Waals surface area contributed by atoms with E-state index in [1.165, 1.54) is 6.07 Å². The Hall–Kier alpha value is -4.23. The van der Waals surface area contributed by atoms with Crippen molar-refractivity contribution in [1.82, 2.24) is 25.1 Å². The molecular weight excluding hydrogens is 462 g/mol. The van der Waals surface area contributed by atoms with Crippen LogP contribution in [0.4, 0.5) is 0 Å². The maximum absolute atomic E-state index is 12.8. The van der Waals surface area contributed by atoms with E-state index in [0.717, 1.165) is 33.4 Å². The van der Waals surface area contributed by atoms with Gasteiger partial charge in [-0.2, -0.15) is 5.10 Å². The van der Waals surface area contributed by atoms with Crippen LogP contribution in [0.5, 0.6) is 0 Å². The van der Waals surface area contributed by atoms with Crippen LogP contribution in [0.15, 0.2) is 90.0 Å². The fraction of sp³-hybridized carbons (Fsp3) is 0.111. The first-order chi connectivity index (χ1) is 17.0. The van der Waals surface area contributed by atoms with Gasteiger partial charge < -0.3 is 9.88 Å². The summed E-state index contributed by atoms with van der Waals surface area (Å²) in [6.07, 6.45) is 4.20. The first kappa shape index (κ1) is 22.6. The van der Waals surface area contributed by atoms with E-state index in [4.69, 9.17) is 11.6 Å². The SMILES string of the molecule is O=C(NCc1[nH]nc2ccc(Cl)cc12)c1cccc(Cc2ccc(Cn3ccccc3=O)nc2)c1. The predicted octanol–water partition coefficient (Wildman–Crippen LogP) is 4.34. The van der Waals surface area contributed by atoms with Gasteiger partial charge in [0.2, 0.25) is 0 Å². The van der Waals surface area contributed by atoms with Gasteiger partial charge in [0.05, 0.1) is 30.0 Å². The van der Waals surface area contributed by atoms with Crippen LogP contribution in [0.25, 0.3) is 10.9 Å². The van der Waals surface area contributed by atoms with Gasteiger partial charge in [-0.05, 0) is 60.0 Å². The minimum Gasteiger partial charge on any atom is -0.346 e. The maximum atomic E-state index is 12.8. The molecule has 35 heavy (non-hydrogen) atoms. The van der Waals surface area contributed by atoms with E-state index < -0.39 is 0 Å². The fourth-order valence-electron chi connectivity index (χ4n) is 3.92. The summed E-state index contributed by atoms with van der Waals surface area (Å²) in [6.45, 7) is 0.739. The first-order valence-corrected chi connectivity index (χ1v) is 11.5.